The number of carbonyl (C=O) groups excluding carboxylic acids is 1. The van der Waals surface area contributed by atoms with Crippen molar-refractivity contribution in [1.82, 2.24) is 14.5 Å². The molecule has 4 aromatic rings. The van der Waals surface area contributed by atoms with Crippen molar-refractivity contribution < 1.29 is 4.79 Å². The van der Waals surface area contributed by atoms with Crippen LogP contribution in [0.25, 0.3) is 22.3 Å². The zero-order valence-corrected chi connectivity index (χ0v) is 19.0. The predicted octanol–water partition coefficient (Wildman–Crippen LogP) is 4.19. The van der Waals surface area contributed by atoms with Crippen molar-refractivity contribution in [2.75, 3.05) is 5.32 Å². The average Bonchev–Trinajstić information content (AvgIpc) is 3.05. The molecule has 160 valence electrons. The molecule has 0 saturated heterocycles. The molecule has 2 N–H and O–H groups in total. The molecule has 1 unspecified atom stereocenters. The van der Waals surface area contributed by atoms with E-state index < -0.39 is 5.91 Å². The Hall–Kier alpha value is -3.52. The van der Waals surface area contributed by atoms with Gasteiger partial charge in [-0.2, -0.15) is 0 Å². The highest BCUT2D eigenvalue weighted by Crippen LogP contribution is 2.33. The lowest BCUT2D eigenvalue weighted by atomic mass is 10.1. The lowest BCUT2D eigenvalue weighted by Crippen LogP contribution is -2.23. The van der Waals surface area contributed by atoms with Crippen LogP contribution in [0.5, 0.6) is 0 Å². The lowest BCUT2D eigenvalue weighted by molar-refractivity contribution is 0.102. The molecule has 2 aromatic carbocycles. The maximum absolute atomic E-state index is 13.2. The Morgan fingerprint density at radius 2 is 2.03 bits per heavy atom. The third kappa shape index (κ3) is 3.46. The van der Waals surface area contributed by atoms with Crippen molar-refractivity contribution in [3.63, 3.8) is 0 Å². The minimum absolute atomic E-state index is 0.0859. The third-order valence-corrected chi connectivity index (χ3v) is 6.13. The number of pyridine rings is 1. The van der Waals surface area contributed by atoms with E-state index in [1.54, 1.807) is 43.5 Å². The van der Waals surface area contributed by atoms with Crippen LogP contribution in [0.3, 0.4) is 0 Å². The molecule has 0 fully saturated rings. The standard InChI is InChI=1S/C24H19BrN4O3/c1-12-6-20(30)28-23(26-12)14-4-3-5-17(9-14)27-24(32)19-11-29-13(2)7-15-8-16(25)10-18(21(15)29)22(19)31/h3-6,8-11,13H,7H2,1-2H3,(H,27,32)(H,26,28,30). The molecule has 32 heavy (non-hydrogen) atoms. The molecule has 0 bridgehead atoms. The first kappa shape index (κ1) is 20.4. The highest BCUT2D eigenvalue weighted by Gasteiger charge is 2.25. The van der Waals surface area contributed by atoms with Gasteiger partial charge in [0.05, 0.1) is 5.52 Å². The van der Waals surface area contributed by atoms with E-state index in [1.807, 2.05) is 10.6 Å². The van der Waals surface area contributed by atoms with Crippen molar-refractivity contribution >= 4 is 38.4 Å². The van der Waals surface area contributed by atoms with E-state index in [-0.39, 0.29) is 22.6 Å². The zero-order valence-electron chi connectivity index (χ0n) is 17.4. The maximum Gasteiger partial charge on any atom is 0.261 e. The highest BCUT2D eigenvalue weighted by molar-refractivity contribution is 9.10. The van der Waals surface area contributed by atoms with E-state index in [0.29, 0.717) is 28.2 Å². The van der Waals surface area contributed by atoms with E-state index >= 15 is 0 Å². The molecule has 8 heteroatoms. The second kappa shape index (κ2) is 7.56. The summed E-state index contributed by atoms with van der Waals surface area (Å²) >= 11 is 3.48. The smallest absolute Gasteiger partial charge is 0.261 e. The van der Waals surface area contributed by atoms with Gasteiger partial charge < -0.3 is 14.9 Å². The molecular formula is C24H19BrN4O3. The number of amides is 1. The maximum atomic E-state index is 13.2. The number of rotatable bonds is 3. The van der Waals surface area contributed by atoms with Crippen molar-refractivity contribution in [3.05, 3.63) is 90.5 Å². The van der Waals surface area contributed by atoms with E-state index in [0.717, 1.165) is 22.0 Å². The Bertz CT molecular complexity index is 1540. The van der Waals surface area contributed by atoms with Gasteiger partial charge in [0.1, 0.15) is 11.4 Å². The Morgan fingerprint density at radius 3 is 2.81 bits per heavy atom. The van der Waals surface area contributed by atoms with Crippen molar-refractivity contribution in [2.45, 2.75) is 26.3 Å². The van der Waals surface area contributed by atoms with E-state index in [2.05, 4.69) is 38.1 Å². The molecule has 7 nitrogen and oxygen atoms in total. The van der Waals surface area contributed by atoms with E-state index in [1.165, 1.54) is 6.07 Å². The van der Waals surface area contributed by atoms with Crippen molar-refractivity contribution in [1.29, 1.82) is 0 Å². The largest absolute Gasteiger partial charge is 0.343 e. The van der Waals surface area contributed by atoms with Gasteiger partial charge in [0, 0.05) is 45.1 Å². The first-order valence-electron chi connectivity index (χ1n) is 10.2. The molecule has 2 aromatic heterocycles. The molecule has 0 saturated carbocycles. The van der Waals surface area contributed by atoms with Crippen LogP contribution in [0.4, 0.5) is 5.69 Å². The number of anilines is 1. The number of benzene rings is 2. The van der Waals surface area contributed by atoms with Crippen LogP contribution in [0, 0.1) is 6.92 Å². The normalized spacial score (nSPS) is 14.7. The Kier molecular flexibility index (Phi) is 4.82. The summed E-state index contributed by atoms with van der Waals surface area (Å²) in [6, 6.07) is 12.3. The molecule has 5 rings (SSSR count). The summed E-state index contributed by atoms with van der Waals surface area (Å²) in [4.78, 5) is 45.1. The number of nitrogens with zero attached hydrogens (tertiary/aromatic N) is 2. The molecule has 0 aliphatic carbocycles. The topological polar surface area (TPSA) is 96.9 Å². The van der Waals surface area contributed by atoms with Crippen LogP contribution < -0.4 is 16.3 Å². The van der Waals surface area contributed by atoms with Gasteiger partial charge >= 0.3 is 0 Å². The highest BCUT2D eigenvalue weighted by atomic mass is 79.9. The first-order chi connectivity index (χ1) is 15.3. The summed E-state index contributed by atoms with van der Waals surface area (Å²) in [5.41, 5.74) is 3.27. The van der Waals surface area contributed by atoms with E-state index in [4.69, 9.17) is 0 Å². The van der Waals surface area contributed by atoms with Crippen LogP contribution in [-0.4, -0.2) is 20.4 Å². The van der Waals surface area contributed by atoms with Gasteiger partial charge in [-0.05, 0) is 50.1 Å². The Labute approximate surface area is 191 Å². The monoisotopic (exact) mass is 490 g/mol. The quantitative estimate of drug-likeness (QED) is 0.449. The second-order valence-electron chi connectivity index (χ2n) is 8.06. The summed E-state index contributed by atoms with van der Waals surface area (Å²) in [6.45, 7) is 3.81. The van der Waals surface area contributed by atoms with Gasteiger partial charge in [0.15, 0.2) is 0 Å². The Morgan fingerprint density at radius 1 is 1.22 bits per heavy atom. The third-order valence-electron chi connectivity index (χ3n) is 5.67. The first-order valence-corrected chi connectivity index (χ1v) is 11.0. The molecule has 0 radical (unpaired) electrons. The number of aryl methyl sites for hydroxylation is 1. The second-order valence-corrected chi connectivity index (χ2v) is 8.98. The number of nitrogens with one attached hydrogen (secondary N) is 2. The Balaban J connectivity index is 1.54. The molecule has 1 atom stereocenters. The number of carbonyl (C=O) groups is 1. The number of aromatic nitrogens is 3. The molecule has 1 amide bonds. The van der Waals surface area contributed by atoms with Crippen LogP contribution in [0.1, 0.15) is 34.6 Å². The van der Waals surface area contributed by atoms with Crippen LogP contribution in [0.2, 0.25) is 0 Å². The van der Waals surface area contributed by atoms with Gasteiger partial charge in [-0.1, -0.05) is 28.1 Å². The van der Waals surface area contributed by atoms with Crippen molar-refractivity contribution in [3.8, 4) is 11.4 Å². The molecule has 3 heterocycles. The predicted molar refractivity (Wildman–Crippen MR) is 127 cm³/mol. The molecule has 1 aliphatic rings. The summed E-state index contributed by atoms with van der Waals surface area (Å²) < 4.78 is 2.83. The fraction of sp³-hybridized carbons (Fsp3) is 0.167. The number of aromatic amines is 1. The van der Waals surface area contributed by atoms with Gasteiger partial charge in [-0.3, -0.25) is 14.4 Å². The fourth-order valence-electron chi connectivity index (χ4n) is 4.28. The number of halogens is 1. The van der Waals surface area contributed by atoms with Gasteiger partial charge in [0.25, 0.3) is 11.5 Å². The molecular weight excluding hydrogens is 472 g/mol. The SMILES string of the molecule is Cc1cc(=O)[nH]c(-c2cccc(NC(=O)c3cn4c5c(cc(Br)cc5c3=O)CC4C)c2)n1. The summed E-state index contributed by atoms with van der Waals surface area (Å²) in [5.74, 6) is -0.0691. The number of H-pyrrole nitrogens is 1. The number of hydrogen-bond donors (Lipinski definition) is 2. The van der Waals surface area contributed by atoms with Gasteiger partial charge in [-0.25, -0.2) is 4.98 Å². The van der Waals surface area contributed by atoms with Crippen LogP contribution in [-0.2, 0) is 6.42 Å². The fourth-order valence-corrected chi connectivity index (χ4v) is 4.79. The van der Waals surface area contributed by atoms with Crippen molar-refractivity contribution in [2.24, 2.45) is 0 Å². The summed E-state index contributed by atoms with van der Waals surface area (Å²) in [6.07, 6.45) is 2.46. The lowest BCUT2D eigenvalue weighted by Gasteiger charge is -2.13. The summed E-state index contributed by atoms with van der Waals surface area (Å²) in [5, 5.41) is 3.35. The zero-order chi connectivity index (χ0) is 22.6. The molecule has 0 spiro atoms. The summed E-state index contributed by atoms with van der Waals surface area (Å²) in [7, 11) is 0. The average molecular weight is 491 g/mol. The van der Waals surface area contributed by atoms with Gasteiger partial charge in [-0.15, -0.1) is 0 Å². The number of hydrogen-bond acceptors (Lipinski definition) is 4. The molecule has 1 aliphatic heterocycles. The minimum atomic E-state index is -0.482. The van der Waals surface area contributed by atoms with Crippen LogP contribution in [0.15, 0.2) is 62.7 Å². The van der Waals surface area contributed by atoms with E-state index in [9.17, 15) is 14.4 Å². The van der Waals surface area contributed by atoms with Gasteiger partial charge in [0.2, 0.25) is 5.43 Å². The van der Waals surface area contributed by atoms with Crippen LogP contribution >= 0.6 is 15.9 Å². The minimum Gasteiger partial charge on any atom is -0.343 e.